The van der Waals surface area contributed by atoms with Crippen molar-refractivity contribution in [1.82, 2.24) is 5.32 Å². The third-order valence-electron chi connectivity index (χ3n) is 3.67. The molecule has 2 aliphatic rings. The van der Waals surface area contributed by atoms with Gasteiger partial charge in [0.2, 0.25) is 0 Å². The van der Waals surface area contributed by atoms with E-state index in [1.54, 1.807) is 0 Å². The van der Waals surface area contributed by atoms with Gasteiger partial charge >= 0.3 is 12.1 Å². The standard InChI is InChI=1S/C13H21NO4/c1-13(2,3)18-12(17)14-10-6-8(11(15)16)4-7-5-9(7)10/h7-10H,4-6H2,1-3H3,(H,14,17)(H,15,16)/t7-,8?,9-,10?/m1/s1. The van der Waals surface area contributed by atoms with Crippen molar-refractivity contribution in [3.8, 4) is 0 Å². The summed E-state index contributed by atoms with van der Waals surface area (Å²) in [5.74, 6) is -0.155. The highest BCUT2D eigenvalue weighted by atomic mass is 16.6. The lowest BCUT2D eigenvalue weighted by Gasteiger charge is -2.28. The molecule has 2 rings (SSSR count). The number of hydrogen-bond acceptors (Lipinski definition) is 3. The molecule has 0 aromatic rings. The summed E-state index contributed by atoms with van der Waals surface area (Å²) in [4.78, 5) is 22.7. The van der Waals surface area contributed by atoms with Crippen molar-refractivity contribution in [2.24, 2.45) is 17.8 Å². The summed E-state index contributed by atoms with van der Waals surface area (Å²) in [7, 11) is 0. The molecule has 1 amide bonds. The molecule has 4 atom stereocenters. The molecule has 0 radical (unpaired) electrons. The number of nitrogens with one attached hydrogen (secondary N) is 1. The van der Waals surface area contributed by atoms with Crippen LogP contribution in [0.25, 0.3) is 0 Å². The van der Waals surface area contributed by atoms with Gasteiger partial charge in [-0.2, -0.15) is 0 Å². The van der Waals surface area contributed by atoms with Crippen molar-refractivity contribution in [2.45, 2.75) is 51.7 Å². The molecular weight excluding hydrogens is 234 g/mol. The fourth-order valence-corrected chi connectivity index (χ4v) is 2.80. The zero-order chi connectivity index (χ0) is 13.5. The Labute approximate surface area is 107 Å². The highest BCUT2D eigenvalue weighted by Crippen LogP contribution is 2.51. The smallest absolute Gasteiger partial charge is 0.407 e. The highest BCUT2D eigenvalue weighted by molar-refractivity contribution is 5.71. The van der Waals surface area contributed by atoms with Crippen molar-refractivity contribution in [3.63, 3.8) is 0 Å². The summed E-state index contributed by atoms with van der Waals surface area (Å²) in [6.07, 6.45) is 1.87. The molecule has 18 heavy (non-hydrogen) atoms. The minimum Gasteiger partial charge on any atom is -0.481 e. The lowest BCUT2D eigenvalue weighted by atomic mass is 9.86. The first kappa shape index (κ1) is 13.2. The number of carboxylic acids is 1. The predicted octanol–water partition coefficient (Wildman–Crippen LogP) is 2.01. The molecule has 2 unspecified atom stereocenters. The third kappa shape index (κ3) is 3.15. The van der Waals surface area contributed by atoms with E-state index in [2.05, 4.69) is 5.32 Å². The predicted molar refractivity (Wildman–Crippen MR) is 65.1 cm³/mol. The summed E-state index contributed by atoms with van der Waals surface area (Å²) < 4.78 is 5.21. The number of aliphatic carboxylic acids is 1. The SMILES string of the molecule is CC(C)(C)OC(=O)NC1CC(C(=O)O)C[C@@H]2C[C@@H]12. The number of carboxylic acid groups (broad SMARTS) is 1. The molecule has 2 aliphatic carbocycles. The first-order valence-corrected chi connectivity index (χ1v) is 6.48. The van der Waals surface area contributed by atoms with Crippen LogP contribution in [0.2, 0.25) is 0 Å². The van der Waals surface area contributed by atoms with Gasteiger partial charge in [-0.05, 0) is 51.9 Å². The fourth-order valence-electron chi connectivity index (χ4n) is 2.80. The normalized spacial score (nSPS) is 34.4. The van der Waals surface area contributed by atoms with E-state index in [0.717, 1.165) is 12.8 Å². The third-order valence-corrected chi connectivity index (χ3v) is 3.67. The highest BCUT2D eigenvalue weighted by Gasteiger charge is 2.50. The first-order valence-electron chi connectivity index (χ1n) is 6.48. The van der Waals surface area contributed by atoms with Crippen LogP contribution < -0.4 is 5.32 Å². The van der Waals surface area contributed by atoms with Crippen molar-refractivity contribution in [1.29, 1.82) is 0 Å². The Morgan fingerprint density at radius 2 is 1.89 bits per heavy atom. The summed E-state index contributed by atoms with van der Waals surface area (Å²) in [5.41, 5.74) is -0.520. The molecule has 0 aliphatic heterocycles. The molecule has 0 bridgehead atoms. The number of ether oxygens (including phenoxy) is 1. The zero-order valence-corrected chi connectivity index (χ0v) is 11.1. The van der Waals surface area contributed by atoms with Crippen molar-refractivity contribution in [3.05, 3.63) is 0 Å². The maximum atomic E-state index is 11.7. The van der Waals surface area contributed by atoms with E-state index in [-0.39, 0.29) is 12.0 Å². The Hall–Kier alpha value is -1.26. The van der Waals surface area contributed by atoms with Crippen LogP contribution >= 0.6 is 0 Å². The van der Waals surface area contributed by atoms with Crippen molar-refractivity contribution in [2.75, 3.05) is 0 Å². The van der Waals surface area contributed by atoms with E-state index < -0.39 is 17.7 Å². The van der Waals surface area contributed by atoms with Crippen LogP contribution in [-0.4, -0.2) is 28.8 Å². The molecule has 5 heteroatoms. The molecule has 2 N–H and O–H groups in total. The number of amides is 1. The van der Waals surface area contributed by atoms with Gasteiger partial charge in [0.15, 0.2) is 0 Å². The zero-order valence-electron chi connectivity index (χ0n) is 11.1. The van der Waals surface area contributed by atoms with Crippen LogP contribution in [-0.2, 0) is 9.53 Å². The quantitative estimate of drug-likeness (QED) is 0.791. The van der Waals surface area contributed by atoms with Crippen LogP contribution in [0.3, 0.4) is 0 Å². The van der Waals surface area contributed by atoms with E-state index >= 15 is 0 Å². The molecule has 0 aromatic heterocycles. The van der Waals surface area contributed by atoms with Gasteiger partial charge in [-0.3, -0.25) is 4.79 Å². The fraction of sp³-hybridized carbons (Fsp3) is 0.846. The van der Waals surface area contributed by atoms with E-state index in [4.69, 9.17) is 9.84 Å². The second-order valence-corrected chi connectivity index (χ2v) is 6.42. The minimum atomic E-state index is -0.753. The second kappa shape index (κ2) is 4.44. The van der Waals surface area contributed by atoms with Crippen LogP contribution in [0, 0.1) is 17.8 Å². The molecule has 0 spiro atoms. The molecule has 0 saturated heterocycles. The van der Waals surface area contributed by atoms with Gasteiger partial charge in [0.05, 0.1) is 5.92 Å². The van der Waals surface area contributed by atoms with Gasteiger partial charge in [-0.15, -0.1) is 0 Å². The molecule has 0 aromatic carbocycles. The minimum absolute atomic E-state index is 0.0419. The number of alkyl carbamates (subject to hydrolysis) is 1. The molecule has 0 heterocycles. The van der Waals surface area contributed by atoms with Gasteiger partial charge in [0.25, 0.3) is 0 Å². The maximum absolute atomic E-state index is 11.7. The van der Waals surface area contributed by atoms with Crippen LogP contribution in [0.5, 0.6) is 0 Å². The van der Waals surface area contributed by atoms with Crippen molar-refractivity contribution >= 4 is 12.1 Å². The van der Waals surface area contributed by atoms with E-state index in [9.17, 15) is 9.59 Å². The maximum Gasteiger partial charge on any atom is 0.407 e. The first-order chi connectivity index (χ1) is 8.26. The number of hydrogen-bond donors (Lipinski definition) is 2. The summed E-state index contributed by atoms with van der Waals surface area (Å²) in [5, 5.41) is 11.9. The lowest BCUT2D eigenvalue weighted by Crippen LogP contribution is -2.44. The Kier molecular flexibility index (Phi) is 3.25. The second-order valence-electron chi connectivity index (χ2n) is 6.42. The number of carbonyl (C=O) groups is 2. The van der Waals surface area contributed by atoms with Gasteiger partial charge in [-0.25, -0.2) is 4.79 Å². The summed E-state index contributed by atoms with van der Waals surface area (Å²) in [6.45, 7) is 5.44. The Morgan fingerprint density at radius 3 is 2.44 bits per heavy atom. The van der Waals surface area contributed by atoms with Gasteiger partial charge < -0.3 is 15.2 Å². The molecule has 102 valence electrons. The molecule has 2 fully saturated rings. The Balaban J connectivity index is 1.89. The molecule has 5 nitrogen and oxygen atoms in total. The monoisotopic (exact) mass is 255 g/mol. The van der Waals surface area contributed by atoms with E-state index in [1.165, 1.54) is 0 Å². The largest absolute Gasteiger partial charge is 0.481 e. The van der Waals surface area contributed by atoms with E-state index in [0.29, 0.717) is 18.3 Å². The average molecular weight is 255 g/mol. The molecule has 2 saturated carbocycles. The summed E-state index contributed by atoms with van der Waals surface area (Å²) >= 11 is 0. The topological polar surface area (TPSA) is 75.6 Å². The number of fused-ring (bicyclic) bond motifs is 1. The summed E-state index contributed by atoms with van der Waals surface area (Å²) in [6, 6.07) is -0.0419. The van der Waals surface area contributed by atoms with Gasteiger partial charge in [0, 0.05) is 6.04 Å². The number of carbonyl (C=O) groups excluding carboxylic acids is 1. The average Bonchev–Trinajstić information content (AvgIpc) is 2.92. The van der Waals surface area contributed by atoms with Crippen LogP contribution in [0.4, 0.5) is 4.79 Å². The Morgan fingerprint density at radius 1 is 1.22 bits per heavy atom. The molecular formula is C13H21NO4. The van der Waals surface area contributed by atoms with E-state index in [1.807, 2.05) is 20.8 Å². The van der Waals surface area contributed by atoms with Crippen molar-refractivity contribution < 1.29 is 19.4 Å². The van der Waals surface area contributed by atoms with Gasteiger partial charge in [0.1, 0.15) is 5.60 Å². The van der Waals surface area contributed by atoms with Gasteiger partial charge in [-0.1, -0.05) is 0 Å². The van der Waals surface area contributed by atoms with Crippen LogP contribution in [0.15, 0.2) is 0 Å². The van der Waals surface area contributed by atoms with Crippen LogP contribution in [0.1, 0.15) is 40.0 Å². The Bertz CT molecular complexity index is 360. The number of rotatable bonds is 2. The lowest BCUT2D eigenvalue weighted by molar-refractivity contribution is -0.143.